The fourth-order valence-electron chi connectivity index (χ4n) is 3.05. The van der Waals surface area contributed by atoms with Crippen molar-refractivity contribution in [3.63, 3.8) is 0 Å². The van der Waals surface area contributed by atoms with Gasteiger partial charge in [0.15, 0.2) is 5.54 Å². The zero-order valence-electron chi connectivity index (χ0n) is 14.5. The monoisotopic (exact) mass is 335 g/mol. The smallest absolute Gasteiger partial charge is 0.413 e. The first-order chi connectivity index (χ1) is 11.0. The molecule has 0 saturated heterocycles. The molecule has 0 bridgehead atoms. The minimum atomic E-state index is -1.81. The fourth-order valence-corrected chi connectivity index (χ4v) is 3.05. The molecule has 24 heavy (non-hydrogen) atoms. The van der Waals surface area contributed by atoms with Crippen molar-refractivity contribution < 1.29 is 19.8 Å². The van der Waals surface area contributed by atoms with Gasteiger partial charge in [-0.1, -0.05) is 6.08 Å². The van der Waals surface area contributed by atoms with E-state index in [9.17, 15) is 19.8 Å². The molecule has 0 radical (unpaired) electrons. The third kappa shape index (κ3) is 2.91. The molecule has 2 rings (SSSR count). The predicted molar refractivity (Wildman–Crippen MR) is 90.3 cm³/mol. The lowest BCUT2D eigenvalue weighted by atomic mass is 9.88. The highest BCUT2D eigenvalue weighted by atomic mass is 16.4. The maximum atomic E-state index is 11.8. The lowest BCUT2D eigenvalue weighted by molar-refractivity contribution is -0.146. The standard InChI is InChI=1S/C17H25N3O4/c1-16(2,3)19-9-7-11(8-10-19)12-5-6-13(18)17(4,14(21)22)20(12)15(23)24/h5-7H,8-10,18H2,1-4H3,(H,21,22)(H,23,24). The lowest BCUT2D eigenvalue weighted by Gasteiger charge is -2.42. The second kappa shape index (κ2) is 5.98. The minimum Gasteiger partial charge on any atom is -0.479 e. The highest BCUT2D eigenvalue weighted by molar-refractivity contribution is 5.89. The summed E-state index contributed by atoms with van der Waals surface area (Å²) in [5.41, 5.74) is 5.24. The molecule has 1 amide bonds. The number of carboxylic acids is 1. The molecule has 2 aliphatic rings. The van der Waals surface area contributed by atoms with Crippen LogP contribution in [0, 0.1) is 0 Å². The zero-order valence-corrected chi connectivity index (χ0v) is 14.5. The molecule has 1 unspecified atom stereocenters. The largest absolute Gasteiger partial charge is 0.479 e. The average Bonchev–Trinajstić information content (AvgIpc) is 2.48. The Bertz CT molecular complexity index is 657. The van der Waals surface area contributed by atoms with Gasteiger partial charge in [0.1, 0.15) is 0 Å². The number of allylic oxidation sites excluding steroid dienone is 3. The van der Waals surface area contributed by atoms with Crippen LogP contribution in [0.4, 0.5) is 4.79 Å². The van der Waals surface area contributed by atoms with E-state index >= 15 is 0 Å². The molecule has 132 valence electrons. The summed E-state index contributed by atoms with van der Waals surface area (Å²) >= 11 is 0. The molecule has 0 saturated carbocycles. The molecule has 0 aliphatic carbocycles. The van der Waals surface area contributed by atoms with Crippen LogP contribution in [-0.4, -0.2) is 56.2 Å². The van der Waals surface area contributed by atoms with Gasteiger partial charge in [0.25, 0.3) is 0 Å². The zero-order chi connectivity index (χ0) is 18.3. The lowest BCUT2D eigenvalue weighted by Crippen LogP contribution is -2.58. The molecule has 7 nitrogen and oxygen atoms in total. The number of aliphatic carboxylic acids is 1. The summed E-state index contributed by atoms with van der Waals surface area (Å²) in [5, 5.41) is 19.2. The molecule has 0 aromatic carbocycles. The fraction of sp³-hybridized carbons (Fsp3) is 0.529. The molecule has 2 aliphatic heterocycles. The van der Waals surface area contributed by atoms with Crippen molar-refractivity contribution in [1.82, 2.24) is 9.80 Å². The number of hydrogen-bond donors (Lipinski definition) is 3. The summed E-state index contributed by atoms with van der Waals surface area (Å²) in [4.78, 5) is 26.7. The van der Waals surface area contributed by atoms with E-state index in [2.05, 4.69) is 25.7 Å². The van der Waals surface area contributed by atoms with Crippen molar-refractivity contribution in [2.45, 2.75) is 45.2 Å². The van der Waals surface area contributed by atoms with Crippen LogP contribution in [-0.2, 0) is 4.79 Å². The van der Waals surface area contributed by atoms with Gasteiger partial charge >= 0.3 is 12.1 Å². The van der Waals surface area contributed by atoms with Crippen molar-refractivity contribution in [1.29, 1.82) is 0 Å². The quantitative estimate of drug-likeness (QED) is 0.712. The highest BCUT2D eigenvalue weighted by Crippen LogP contribution is 2.36. The summed E-state index contributed by atoms with van der Waals surface area (Å²) in [6, 6.07) is 0. The van der Waals surface area contributed by atoms with Gasteiger partial charge in [-0.2, -0.15) is 0 Å². The van der Waals surface area contributed by atoms with Crippen LogP contribution in [0.25, 0.3) is 0 Å². The predicted octanol–water partition coefficient (Wildman–Crippen LogP) is 1.98. The Morgan fingerprint density at radius 1 is 1.25 bits per heavy atom. The van der Waals surface area contributed by atoms with Crippen molar-refractivity contribution in [2.24, 2.45) is 5.73 Å². The normalized spacial score (nSPS) is 25.7. The highest BCUT2D eigenvalue weighted by Gasteiger charge is 2.49. The number of carboxylic acid groups (broad SMARTS) is 2. The molecule has 1 atom stereocenters. The van der Waals surface area contributed by atoms with E-state index in [1.54, 1.807) is 6.08 Å². The van der Waals surface area contributed by atoms with Crippen LogP contribution >= 0.6 is 0 Å². The van der Waals surface area contributed by atoms with Crippen LogP contribution < -0.4 is 5.73 Å². The number of nitrogens with two attached hydrogens (primary N) is 1. The van der Waals surface area contributed by atoms with Gasteiger partial charge in [-0.15, -0.1) is 0 Å². The summed E-state index contributed by atoms with van der Waals surface area (Å²) in [6.45, 7) is 9.16. The molecule has 0 spiro atoms. The second-order valence-corrected chi connectivity index (χ2v) is 7.27. The molecule has 2 heterocycles. The van der Waals surface area contributed by atoms with Gasteiger partial charge in [0.2, 0.25) is 0 Å². The summed E-state index contributed by atoms with van der Waals surface area (Å²) in [7, 11) is 0. The van der Waals surface area contributed by atoms with Crippen LogP contribution in [0.15, 0.2) is 35.2 Å². The molecule has 0 aromatic heterocycles. The van der Waals surface area contributed by atoms with Gasteiger partial charge in [-0.05, 0) is 51.8 Å². The SMILES string of the molecule is CC(C)(C)N1CC=C(C2=CC=C(N)C(C)(C(=O)O)N2C(=O)O)CC1. The number of carbonyl (C=O) groups is 2. The van der Waals surface area contributed by atoms with Gasteiger partial charge in [0.05, 0.1) is 5.70 Å². The maximum Gasteiger partial charge on any atom is 0.413 e. The van der Waals surface area contributed by atoms with E-state index in [4.69, 9.17) is 5.73 Å². The first-order valence-corrected chi connectivity index (χ1v) is 7.88. The number of amides is 1. The summed E-state index contributed by atoms with van der Waals surface area (Å²) in [5.74, 6) is -1.29. The Kier molecular flexibility index (Phi) is 4.50. The van der Waals surface area contributed by atoms with Crippen LogP contribution in [0.3, 0.4) is 0 Å². The molecule has 0 aromatic rings. The van der Waals surface area contributed by atoms with Crippen molar-refractivity contribution >= 4 is 12.1 Å². The van der Waals surface area contributed by atoms with E-state index in [0.29, 0.717) is 18.7 Å². The molecule has 0 fully saturated rings. The number of rotatable bonds is 2. The van der Waals surface area contributed by atoms with E-state index in [1.165, 1.54) is 13.0 Å². The maximum absolute atomic E-state index is 11.8. The molecular formula is C17H25N3O4. The average molecular weight is 335 g/mol. The Morgan fingerprint density at radius 3 is 2.29 bits per heavy atom. The van der Waals surface area contributed by atoms with Gasteiger partial charge in [-0.3, -0.25) is 9.80 Å². The molecule has 7 heteroatoms. The van der Waals surface area contributed by atoms with Gasteiger partial charge < -0.3 is 15.9 Å². The van der Waals surface area contributed by atoms with Crippen LogP contribution in [0.2, 0.25) is 0 Å². The minimum absolute atomic E-state index is 0.00567. The number of nitrogens with zero attached hydrogens (tertiary/aromatic N) is 2. The molecular weight excluding hydrogens is 310 g/mol. The topological polar surface area (TPSA) is 107 Å². The van der Waals surface area contributed by atoms with E-state index < -0.39 is 17.6 Å². The van der Waals surface area contributed by atoms with Crippen LogP contribution in [0.1, 0.15) is 34.1 Å². The van der Waals surface area contributed by atoms with Crippen molar-refractivity contribution in [3.8, 4) is 0 Å². The van der Waals surface area contributed by atoms with Gasteiger partial charge in [-0.25, -0.2) is 9.59 Å². The summed E-state index contributed by atoms with van der Waals surface area (Å²) in [6.07, 6.45) is 4.36. The van der Waals surface area contributed by atoms with E-state index in [-0.39, 0.29) is 11.2 Å². The summed E-state index contributed by atoms with van der Waals surface area (Å²) < 4.78 is 0. The van der Waals surface area contributed by atoms with Crippen molar-refractivity contribution in [2.75, 3.05) is 13.1 Å². The Balaban J connectivity index is 2.41. The third-order valence-corrected chi connectivity index (χ3v) is 4.77. The Hall–Kier alpha value is -2.28. The van der Waals surface area contributed by atoms with Crippen molar-refractivity contribution in [3.05, 3.63) is 35.2 Å². The first kappa shape index (κ1) is 18.1. The van der Waals surface area contributed by atoms with E-state index in [1.807, 2.05) is 6.08 Å². The van der Waals surface area contributed by atoms with Gasteiger partial charge in [0, 0.05) is 24.3 Å². The van der Waals surface area contributed by atoms with E-state index in [0.717, 1.165) is 17.0 Å². The third-order valence-electron chi connectivity index (χ3n) is 4.77. The van der Waals surface area contributed by atoms with Crippen LogP contribution in [0.5, 0.6) is 0 Å². The Labute approximate surface area is 141 Å². The molecule has 4 N–H and O–H groups in total. The number of hydrogen-bond acceptors (Lipinski definition) is 4. The second-order valence-electron chi connectivity index (χ2n) is 7.27. The Morgan fingerprint density at radius 2 is 1.88 bits per heavy atom. The first-order valence-electron chi connectivity index (χ1n) is 7.88.